The molecule has 2 N–H and O–H groups in total. The summed E-state index contributed by atoms with van der Waals surface area (Å²) in [5.74, 6) is -0.549. The lowest BCUT2D eigenvalue weighted by molar-refractivity contribution is -0.123. The topological polar surface area (TPSA) is 118 Å². The Kier molecular flexibility index (Phi) is 7.23. The summed E-state index contributed by atoms with van der Waals surface area (Å²) in [7, 11) is 1.58. The number of benzene rings is 3. The van der Waals surface area contributed by atoms with Crippen molar-refractivity contribution in [2.24, 2.45) is 29.6 Å². The van der Waals surface area contributed by atoms with Crippen LogP contribution in [0.1, 0.15) is 22.8 Å². The zero-order valence-corrected chi connectivity index (χ0v) is 26.9. The van der Waals surface area contributed by atoms with Gasteiger partial charge in [-0.05, 0) is 78.8 Å². The number of hydrogen-bond acceptors (Lipinski definition) is 8. The summed E-state index contributed by atoms with van der Waals surface area (Å²) in [6, 6.07) is 21.4. The van der Waals surface area contributed by atoms with Crippen molar-refractivity contribution in [2.75, 3.05) is 23.9 Å². The minimum absolute atomic E-state index is 0.00464. The largest absolute Gasteiger partial charge is 0.497 e. The van der Waals surface area contributed by atoms with Gasteiger partial charge in [-0.2, -0.15) is 0 Å². The number of aromatic amines is 1. The fraction of sp³-hybridized carbons (Fsp3) is 0.294. The second-order valence-corrected chi connectivity index (χ2v) is 14.7. The molecule has 2 aliphatic carbocycles. The quantitative estimate of drug-likeness (QED) is 0.238. The van der Waals surface area contributed by atoms with Gasteiger partial charge in [0.25, 0.3) is 5.91 Å². The molecule has 8 rings (SSSR count). The molecule has 7 atom stereocenters. The van der Waals surface area contributed by atoms with E-state index in [4.69, 9.17) is 21.1 Å². The first-order valence-electron chi connectivity index (χ1n) is 15.0. The van der Waals surface area contributed by atoms with Crippen LogP contribution in [0.25, 0.3) is 0 Å². The van der Waals surface area contributed by atoms with Crippen molar-refractivity contribution >= 4 is 63.8 Å². The minimum Gasteiger partial charge on any atom is -0.497 e. The van der Waals surface area contributed by atoms with E-state index in [-0.39, 0.29) is 58.1 Å². The van der Waals surface area contributed by atoms with E-state index in [0.29, 0.717) is 27.9 Å². The molecule has 3 fully saturated rings. The first-order chi connectivity index (χ1) is 22.3. The Balaban J connectivity index is 1.10. The molecule has 12 heteroatoms. The van der Waals surface area contributed by atoms with E-state index < -0.39 is 11.8 Å². The van der Waals surface area contributed by atoms with Gasteiger partial charge in [0, 0.05) is 32.3 Å². The normalized spacial score (nSPS) is 27.3. The number of para-hydroxylation sites is 1. The van der Waals surface area contributed by atoms with Crippen LogP contribution >= 0.6 is 34.7 Å². The minimum atomic E-state index is -0.432. The number of halogens is 1. The lowest BCUT2D eigenvalue weighted by atomic mass is 9.68. The number of methoxy groups -OCH3 is 1. The molecule has 4 aromatic rings. The second kappa shape index (κ2) is 11.3. The number of hydrogen-bond donors (Lipinski definition) is 2. The number of H-pyrrole nitrogens is 1. The number of rotatable bonds is 7. The number of nitrogens with zero attached hydrogens (tertiary/aromatic N) is 1. The van der Waals surface area contributed by atoms with Gasteiger partial charge in [-0.25, -0.2) is 0 Å². The molecule has 1 saturated heterocycles. The summed E-state index contributed by atoms with van der Waals surface area (Å²) in [5, 5.41) is 4.22. The highest BCUT2D eigenvalue weighted by Crippen LogP contribution is 2.69. The van der Waals surface area contributed by atoms with Crippen molar-refractivity contribution in [1.29, 1.82) is 0 Å². The number of thioether (sulfide) groups is 1. The van der Waals surface area contributed by atoms with Crippen LogP contribution in [-0.4, -0.2) is 41.7 Å². The van der Waals surface area contributed by atoms with E-state index in [2.05, 4.69) is 10.3 Å². The van der Waals surface area contributed by atoms with E-state index in [1.807, 2.05) is 24.3 Å². The molecular weight excluding hydrogens is 646 g/mol. The highest BCUT2D eigenvalue weighted by Gasteiger charge is 2.69. The monoisotopic (exact) mass is 673 g/mol. The van der Waals surface area contributed by atoms with E-state index in [1.165, 1.54) is 16.2 Å². The molecule has 46 heavy (non-hydrogen) atoms. The molecule has 9 nitrogen and oxygen atoms in total. The van der Waals surface area contributed by atoms with Gasteiger partial charge < -0.3 is 19.8 Å². The number of aromatic nitrogens is 1. The van der Waals surface area contributed by atoms with Crippen LogP contribution in [-0.2, 0) is 14.4 Å². The summed E-state index contributed by atoms with van der Waals surface area (Å²) >= 11 is 8.90. The van der Waals surface area contributed by atoms with Gasteiger partial charge in [-0.1, -0.05) is 41.1 Å². The predicted molar refractivity (Wildman–Crippen MR) is 176 cm³/mol. The number of nitrogens with one attached hydrogen (secondary N) is 2. The van der Waals surface area contributed by atoms with E-state index in [9.17, 15) is 19.2 Å². The molecule has 234 valence electrons. The Hall–Kier alpha value is -4.06. The van der Waals surface area contributed by atoms with Gasteiger partial charge in [0.1, 0.15) is 11.5 Å². The molecule has 0 radical (unpaired) electrons. The molecule has 2 bridgehead atoms. The molecule has 3 aromatic carbocycles. The van der Waals surface area contributed by atoms with Gasteiger partial charge in [0.2, 0.25) is 11.8 Å². The highest BCUT2D eigenvalue weighted by atomic mass is 35.5. The second-order valence-electron chi connectivity index (χ2n) is 12.1. The molecule has 3 amide bonds. The number of fused-ring (bicyclic) bond motifs is 9. The Morgan fingerprint density at radius 3 is 2.43 bits per heavy atom. The zero-order chi connectivity index (χ0) is 31.7. The maximum absolute atomic E-state index is 14.0. The summed E-state index contributed by atoms with van der Waals surface area (Å²) in [5.41, 5.74) is 2.02. The van der Waals surface area contributed by atoms with E-state index >= 15 is 0 Å². The van der Waals surface area contributed by atoms with Gasteiger partial charge in [-0.3, -0.25) is 24.1 Å². The number of ether oxygens (including phenoxy) is 2. The van der Waals surface area contributed by atoms with Gasteiger partial charge in [0.15, 0.2) is 6.61 Å². The molecular formula is C34H28ClN3O6S2. The van der Waals surface area contributed by atoms with E-state index in [0.717, 1.165) is 21.9 Å². The van der Waals surface area contributed by atoms with E-state index in [1.54, 1.807) is 67.4 Å². The first kappa shape index (κ1) is 29.3. The van der Waals surface area contributed by atoms with Crippen molar-refractivity contribution in [2.45, 2.75) is 22.6 Å². The molecule has 3 heterocycles. The Morgan fingerprint density at radius 1 is 0.978 bits per heavy atom. The molecule has 6 unspecified atom stereocenters. The fourth-order valence-electron chi connectivity index (χ4n) is 8.09. The Bertz CT molecular complexity index is 1930. The SMILES string of the molecule is COc1ccc(NC(=O)COc2ccccc2[C@H]2c3sc(=O)[nH]c3SC3C4CC(C5C(=O)N(c6ccc(Cl)cc6)C(=O)C45)C32)cc1. The number of carbonyl (C=O) groups is 3. The van der Waals surface area contributed by atoms with Crippen LogP contribution in [0.5, 0.6) is 11.5 Å². The summed E-state index contributed by atoms with van der Waals surface area (Å²) in [6.45, 7) is -0.214. The van der Waals surface area contributed by atoms with Crippen molar-refractivity contribution in [3.63, 3.8) is 0 Å². The first-order valence-corrected chi connectivity index (χ1v) is 17.1. The average molecular weight is 674 g/mol. The van der Waals surface area contributed by atoms with Crippen molar-refractivity contribution in [1.82, 2.24) is 4.98 Å². The number of amides is 3. The van der Waals surface area contributed by atoms with Crippen molar-refractivity contribution in [3.05, 3.63) is 97.9 Å². The lowest BCUT2D eigenvalue weighted by Crippen LogP contribution is -2.42. The van der Waals surface area contributed by atoms with Crippen LogP contribution in [0.3, 0.4) is 0 Å². The summed E-state index contributed by atoms with van der Waals surface area (Å²) in [6.07, 6.45) is 0.770. The summed E-state index contributed by atoms with van der Waals surface area (Å²) in [4.78, 5) is 58.6. The number of anilines is 2. The van der Waals surface area contributed by atoms with Gasteiger partial charge in [0.05, 0.1) is 29.7 Å². The molecule has 2 saturated carbocycles. The maximum Gasteiger partial charge on any atom is 0.305 e. The molecule has 2 aliphatic heterocycles. The average Bonchev–Trinajstić information content (AvgIpc) is 3.80. The number of thiazole rings is 1. The van der Waals surface area contributed by atoms with Crippen molar-refractivity contribution in [3.8, 4) is 11.5 Å². The van der Waals surface area contributed by atoms with Crippen LogP contribution < -0.4 is 24.6 Å². The van der Waals surface area contributed by atoms with Gasteiger partial charge >= 0.3 is 4.87 Å². The maximum atomic E-state index is 14.0. The van der Waals surface area contributed by atoms with Crippen LogP contribution in [0.15, 0.2) is 82.6 Å². The highest BCUT2D eigenvalue weighted by molar-refractivity contribution is 8.00. The third-order valence-electron chi connectivity index (χ3n) is 9.80. The Labute approximate surface area is 277 Å². The fourth-order valence-corrected chi connectivity index (χ4v) is 11.1. The van der Waals surface area contributed by atoms with Crippen LogP contribution in [0.2, 0.25) is 5.02 Å². The van der Waals surface area contributed by atoms with Crippen LogP contribution in [0.4, 0.5) is 11.4 Å². The third kappa shape index (κ3) is 4.66. The Morgan fingerprint density at radius 2 is 1.70 bits per heavy atom. The van der Waals surface area contributed by atoms with Crippen LogP contribution in [0, 0.1) is 29.6 Å². The number of carbonyl (C=O) groups excluding carboxylic acids is 3. The lowest BCUT2D eigenvalue weighted by Gasteiger charge is -2.43. The molecule has 4 aliphatic rings. The van der Waals surface area contributed by atoms with Gasteiger partial charge in [-0.15, -0.1) is 11.8 Å². The smallest absolute Gasteiger partial charge is 0.305 e. The predicted octanol–water partition coefficient (Wildman–Crippen LogP) is 5.79. The standard InChI is InChI=1S/C34H28ClN3O6S2/c1-43-19-12-8-17(9-13-19)36-24(39)15-44-23-5-3-2-4-20(23)25-26-21-14-22(29(26)45-31-30(25)46-34(42)37-31)28-27(21)32(40)38(33(28)41)18-10-6-16(35)7-11-18/h2-13,21-22,25-29H,14-15H2,1H3,(H,36,39)(H,37,42)/t21?,22?,25-,26?,27?,28?,29?/m1/s1. The molecule has 1 aromatic heterocycles. The number of imide groups is 1. The summed E-state index contributed by atoms with van der Waals surface area (Å²) < 4.78 is 11.3. The zero-order valence-electron chi connectivity index (χ0n) is 24.5. The third-order valence-corrected chi connectivity index (χ3v) is 12.6. The molecule has 0 spiro atoms. The van der Waals surface area contributed by atoms with Crippen molar-refractivity contribution < 1.29 is 23.9 Å².